The summed E-state index contributed by atoms with van der Waals surface area (Å²) in [6, 6.07) is 2.04. The first kappa shape index (κ1) is 12.4. The van der Waals surface area contributed by atoms with Gasteiger partial charge >= 0.3 is 0 Å². The molecule has 5 heteroatoms. The van der Waals surface area contributed by atoms with Crippen molar-refractivity contribution >= 4 is 54.8 Å². The summed E-state index contributed by atoms with van der Waals surface area (Å²) in [5.74, 6) is 1.79. The van der Waals surface area contributed by atoms with Crippen molar-refractivity contribution in [2.75, 3.05) is 18.0 Å². The normalized spacial score (nSPS) is 26.3. The number of pyridine rings is 1. The van der Waals surface area contributed by atoms with E-state index in [-0.39, 0.29) is 0 Å². The molecule has 0 bridgehead atoms. The third-order valence-corrected chi connectivity index (χ3v) is 6.59. The van der Waals surface area contributed by atoms with Gasteiger partial charge in [0.1, 0.15) is 5.15 Å². The Bertz CT molecular complexity index is 630. The van der Waals surface area contributed by atoms with Crippen molar-refractivity contribution in [3.8, 4) is 0 Å². The molecule has 1 saturated heterocycles. The van der Waals surface area contributed by atoms with Crippen LogP contribution in [-0.4, -0.2) is 18.1 Å². The lowest BCUT2D eigenvalue weighted by molar-refractivity contribution is 0.494. The average Bonchev–Trinajstić information content (AvgIpc) is 3.03. The van der Waals surface area contributed by atoms with Gasteiger partial charge in [0.2, 0.25) is 0 Å². The first-order chi connectivity index (χ1) is 9.22. The first-order valence-electron chi connectivity index (χ1n) is 6.70. The predicted molar refractivity (Wildman–Crippen MR) is 85.4 cm³/mol. The molecule has 4 rings (SSSR count). The quantitative estimate of drug-likeness (QED) is 0.671. The molecule has 2 aromatic heterocycles. The van der Waals surface area contributed by atoms with E-state index < -0.39 is 0 Å². The molecular weight excluding hydrogens is 344 g/mol. The first-order valence-corrected chi connectivity index (χ1v) is 8.75. The molecule has 0 spiro atoms. The van der Waals surface area contributed by atoms with Gasteiger partial charge in [-0.2, -0.15) is 0 Å². The van der Waals surface area contributed by atoms with Crippen molar-refractivity contribution < 1.29 is 0 Å². The van der Waals surface area contributed by atoms with Crippen LogP contribution in [0.4, 0.5) is 5.69 Å². The van der Waals surface area contributed by atoms with E-state index in [9.17, 15) is 0 Å². The fourth-order valence-corrected chi connectivity index (χ4v) is 5.40. The van der Waals surface area contributed by atoms with E-state index in [4.69, 9.17) is 11.6 Å². The summed E-state index contributed by atoms with van der Waals surface area (Å²) >= 11 is 11.5. The van der Waals surface area contributed by atoms with Gasteiger partial charge in [-0.15, -0.1) is 11.3 Å². The summed E-state index contributed by atoms with van der Waals surface area (Å²) in [5.41, 5.74) is 2.28. The van der Waals surface area contributed by atoms with Gasteiger partial charge in [0, 0.05) is 24.5 Å². The number of aromatic nitrogens is 1. The van der Waals surface area contributed by atoms with Crippen LogP contribution in [0.1, 0.15) is 19.3 Å². The maximum atomic E-state index is 6.20. The predicted octanol–water partition coefficient (Wildman–Crippen LogP) is 4.95. The lowest BCUT2D eigenvalue weighted by Crippen LogP contribution is -2.20. The van der Waals surface area contributed by atoms with Gasteiger partial charge < -0.3 is 4.90 Å². The SMILES string of the molecule is Clc1cc(N2CC3CCCC3C2)c2scc(Br)c2n1. The third kappa shape index (κ3) is 1.99. The molecule has 2 unspecified atom stereocenters. The fraction of sp³-hybridized carbons (Fsp3) is 0.500. The van der Waals surface area contributed by atoms with Crippen molar-refractivity contribution in [2.45, 2.75) is 19.3 Å². The van der Waals surface area contributed by atoms with Gasteiger partial charge in [0.15, 0.2) is 0 Å². The van der Waals surface area contributed by atoms with Crippen LogP contribution in [0.3, 0.4) is 0 Å². The van der Waals surface area contributed by atoms with E-state index in [1.165, 1.54) is 42.7 Å². The zero-order chi connectivity index (χ0) is 13.0. The minimum atomic E-state index is 0.596. The van der Waals surface area contributed by atoms with Crippen molar-refractivity contribution in [1.82, 2.24) is 4.98 Å². The molecule has 1 aliphatic heterocycles. The lowest BCUT2D eigenvalue weighted by Gasteiger charge is -2.20. The molecule has 3 heterocycles. The lowest BCUT2D eigenvalue weighted by atomic mass is 10.0. The second-order valence-corrected chi connectivity index (χ2v) is 7.70. The average molecular weight is 358 g/mol. The molecule has 1 aliphatic carbocycles. The molecule has 0 amide bonds. The topological polar surface area (TPSA) is 16.1 Å². The summed E-state index contributed by atoms with van der Waals surface area (Å²) in [7, 11) is 0. The van der Waals surface area contributed by atoms with Crippen molar-refractivity contribution in [3.05, 3.63) is 21.1 Å². The molecule has 19 heavy (non-hydrogen) atoms. The zero-order valence-electron chi connectivity index (χ0n) is 10.4. The second kappa shape index (κ2) is 4.61. The molecule has 2 atom stereocenters. The third-order valence-electron chi connectivity index (χ3n) is 4.50. The maximum absolute atomic E-state index is 6.20. The highest BCUT2D eigenvalue weighted by Gasteiger charge is 2.36. The van der Waals surface area contributed by atoms with Gasteiger partial charge in [-0.05, 0) is 40.6 Å². The van der Waals surface area contributed by atoms with E-state index in [0.29, 0.717) is 5.15 Å². The number of hydrogen-bond donors (Lipinski definition) is 0. The largest absolute Gasteiger partial charge is 0.370 e. The fourth-order valence-electron chi connectivity index (χ4n) is 3.60. The van der Waals surface area contributed by atoms with Gasteiger partial charge in [-0.1, -0.05) is 18.0 Å². The summed E-state index contributed by atoms with van der Waals surface area (Å²) in [6.07, 6.45) is 4.22. The van der Waals surface area contributed by atoms with E-state index >= 15 is 0 Å². The molecule has 2 aliphatic rings. The Labute approximate surface area is 129 Å². The van der Waals surface area contributed by atoms with Gasteiger partial charge in [0.05, 0.1) is 20.4 Å². The number of thiophene rings is 1. The minimum absolute atomic E-state index is 0.596. The summed E-state index contributed by atoms with van der Waals surface area (Å²) in [5, 5.41) is 2.70. The van der Waals surface area contributed by atoms with E-state index in [0.717, 1.165) is 21.8 Å². The molecule has 0 N–H and O–H groups in total. The maximum Gasteiger partial charge on any atom is 0.131 e. The molecule has 2 fully saturated rings. The molecule has 2 aromatic rings. The van der Waals surface area contributed by atoms with Crippen molar-refractivity contribution in [3.63, 3.8) is 0 Å². The molecular formula is C14H14BrClN2S. The Hall–Kier alpha value is -0.320. The monoisotopic (exact) mass is 356 g/mol. The molecule has 0 aromatic carbocycles. The Kier molecular flexibility index (Phi) is 3.01. The van der Waals surface area contributed by atoms with Crippen LogP contribution in [-0.2, 0) is 0 Å². The molecule has 0 radical (unpaired) electrons. The Morgan fingerprint density at radius 3 is 2.79 bits per heavy atom. The molecule has 1 saturated carbocycles. The van der Waals surface area contributed by atoms with Crippen LogP contribution >= 0.6 is 38.9 Å². The van der Waals surface area contributed by atoms with Crippen LogP contribution in [0.15, 0.2) is 15.9 Å². The Morgan fingerprint density at radius 1 is 1.32 bits per heavy atom. The van der Waals surface area contributed by atoms with E-state index in [1.807, 2.05) is 6.07 Å². The standard InChI is InChI=1S/C14H14BrClN2S/c15-10-7-19-14-11(4-12(16)17-13(10)14)18-5-8-2-1-3-9(8)6-18/h4,7-9H,1-3,5-6H2. The van der Waals surface area contributed by atoms with Crippen LogP contribution in [0.5, 0.6) is 0 Å². The second-order valence-electron chi connectivity index (χ2n) is 5.58. The van der Waals surface area contributed by atoms with E-state index in [1.54, 1.807) is 11.3 Å². The number of fused-ring (bicyclic) bond motifs is 2. The number of rotatable bonds is 1. The van der Waals surface area contributed by atoms with Gasteiger partial charge in [-0.25, -0.2) is 4.98 Å². The van der Waals surface area contributed by atoms with Crippen LogP contribution in [0.25, 0.3) is 10.2 Å². The number of hydrogen-bond acceptors (Lipinski definition) is 3. The summed E-state index contributed by atoms with van der Waals surface area (Å²) < 4.78 is 2.31. The van der Waals surface area contributed by atoms with Gasteiger partial charge in [0.25, 0.3) is 0 Å². The Balaban J connectivity index is 1.78. The van der Waals surface area contributed by atoms with Crippen LogP contribution < -0.4 is 4.90 Å². The Morgan fingerprint density at radius 2 is 2.05 bits per heavy atom. The van der Waals surface area contributed by atoms with Crippen molar-refractivity contribution in [1.29, 1.82) is 0 Å². The molecule has 100 valence electrons. The van der Waals surface area contributed by atoms with E-state index in [2.05, 4.69) is 31.2 Å². The summed E-state index contributed by atoms with van der Waals surface area (Å²) in [6.45, 7) is 2.38. The minimum Gasteiger partial charge on any atom is -0.370 e. The summed E-state index contributed by atoms with van der Waals surface area (Å²) in [4.78, 5) is 6.96. The number of halogens is 2. The highest BCUT2D eigenvalue weighted by atomic mass is 79.9. The van der Waals surface area contributed by atoms with Gasteiger partial charge in [-0.3, -0.25) is 0 Å². The smallest absolute Gasteiger partial charge is 0.131 e. The number of nitrogens with zero attached hydrogens (tertiary/aromatic N) is 2. The van der Waals surface area contributed by atoms with Crippen molar-refractivity contribution in [2.24, 2.45) is 11.8 Å². The zero-order valence-corrected chi connectivity index (χ0v) is 13.6. The van der Waals surface area contributed by atoms with Crippen LogP contribution in [0, 0.1) is 11.8 Å². The molecule has 2 nitrogen and oxygen atoms in total. The number of anilines is 1. The highest BCUT2D eigenvalue weighted by molar-refractivity contribution is 9.10. The highest BCUT2D eigenvalue weighted by Crippen LogP contribution is 2.43. The van der Waals surface area contributed by atoms with Crippen LogP contribution in [0.2, 0.25) is 5.15 Å².